The van der Waals surface area contributed by atoms with E-state index in [1.807, 2.05) is 24.3 Å². The third kappa shape index (κ3) is 4.51. The molecule has 148 valence electrons. The molecule has 1 aromatic heterocycles. The molecule has 1 unspecified atom stereocenters. The Kier molecular flexibility index (Phi) is 5.16. The van der Waals surface area contributed by atoms with Gasteiger partial charge in [0.05, 0.1) is 29.3 Å². The highest BCUT2D eigenvalue weighted by molar-refractivity contribution is 7.18. The Morgan fingerprint density at radius 3 is 2.86 bits per heavy atom. The third-order valence-electron chi connectivity index (χ3n) is 4.91. The molecule has 0 bridgehead atoms. The van der Waals surface area contributed by atoms with Crippen molar-refractivity contribution in [1.29, 1.82) is 5.26 Å². The lowest BCUT2D eigenvalue weighted by molar-refractivity contribution is -0.126. The summed E-state index contributed by atoms with van der Waals surface area (Å²) in [6.07, 6.45) is 6.02. The van der Waals surface area contributed by atoms with Crippen molar-refractivity contribution in [3.05, 3.63) is 47.0 Å². The zero-order valence-electron chi connectivity index (χ0n) is 15.6. The minimum Gasteiger partial charge on any atom is -0.347 e. The number of carbonyl (C=O) groups is 2. The van der Waals surface area contributed by atoms with Crippen molar-refractivity contribution >= 4 is 38.9 Å². The van der Waals surface area contributed by atoms with Gasteiger partial charge in [0, 0.05) is 6.42 Å². The fourth-order valence-corrected chi connectivity index (χ4v) is 4.06. The molecule has 0 saturated heterocycles. The van der Waals surface area contributed by atoms with Gasteiger partial charge in [-0.05, 0) is 42.2 Å². The van der Waals surface area contributed by atoms with Crippen LogP contribution in [0.1, 0.15) is 29.8 Å². The molecule has 1 heterocycles. The van der Waals surface area contributed by atoms with E-state index >= 15 is 0 Å². The molecule has 0 aliphatic heterocycles. The highest BCUT2D eigenvalue weighted by Gasteiger charge is 2.44. The topological polar surface area (TPSA) is 94.9 Å². The maximum absolute atomic E-state index is 13.2. The Bertz CT molecular complexity index is 1080. The zero-order chi connectivity index (χ0) is 20.4. The fourth-order valence-electron chi connectivity index (χ4n) is 3.12. The predicted molar refractivity (Wildman–Crippen MR) is 109 cm³/mol. The standard InChI is InChI=1S/C21H19FN4O2S/c22-15-4-1-13(2-5-15)14-3-6-17-16(9-14)25-20(29-17)10-18(27)24-11-19(28)26-21(12-23)7-8-21/h1-4,6,9,15H,5,7-8,10-11H2,(H,24,27)(H,26,28). The van der Waals surface area contributed by atoms with Gasteiger partial charge in [-0.25, -0.2) is 9.37 Å². The molecule has 2 N–H and O–H groups in total. The number of carbonyl (C=O) groups excluding carboxylic acids is 2. The summed E-state index contributed by atoms with van der Waals surface area (Å²) in [5.74, 6) is -0.663. The van der Waals surface area contributed by atoms with Gasteiger partial charge < -0.3 is 10.6 Å². The second kappa shape index (κ2) is 7.76. The molecule has 1 fully saturated rings. The number of nitriles is 1. The minimum atomic E-state index is -0.927. The lowest BCUT2D eigenvalue weighted by Crippen LogP contribution is -2.43. The van der Waals surface area contributed by atoms with Crippen LogP contribution >= 0.6 is 11.3 Å². The van der Waals surface area contributed by atoms with E-state index < -0.39 is 11.7 Å². The number of aromatic nitrogens is 1. The fraction of sp³-hybridized carbons (Fsp3) is 0.333. The van der Waals surface area contributed by atoms with Gasteiger partial charge in [0.15, 0.2) is 0 Å². The normalized spacial score (nSPS) is 19.3. The Morgan fingerprint density at radius 2 is 2.17 bits per heavy atom. The maximum atomic E-state index is 13.2. The summed E-state index contributed by atoms with van der Waals surface area (Å²) in [5, 5.41) is 14.8. The molecule has 0 radical (unpaired) electrons. The second-order valence-corrected chi connectivity index (χ2v) is 8.37. The van der Waals surface area contributed by atoms with Crippen molar-refractivity contribution in [3.63, 3.8) is 0 Å². The second-order valence-electron chi connectivity index (χ2n) is 7.26. The van der Waals surface area contributed by atoms with E-state index in [-0.39, 0.29) is 24.8 Å². The first-order chi connectivity index (χ1) is 14.0. The van der Waals surface area contributed by atoms with E-state index in [2.05, 4.69) is 21.7 Å². The molecule has 1 aromatic carbocycles. The molecule has 2 amide bonds. The van der Waals surface area contributed by atoms with E-state index in [9.17, 15) is 14.0 Å². The molecular formula is C21H19FN4O2S. The van der Waals surface area contributed by atoms with Crippen molar-refractivity contribution in [1.82, 2.24) is 15.6 Å². The van der Waals surface area contributed by atoms with Crippen LogP contribution in [0.25, 0.3) is 15.8 Å². The third-order valence-corrected chi connectivity index (χ3v) is 5.95. The molecule has 2 aliphatic carbocycles. The quantitative estimate of drug-likeness (QED) is 0.766. The molecule has 0 spiro atoms. The van der Waals surface area contributed by atoms with Gasteiger partial charge in [0.25, 0.3) is 0 Å². The molecule has 8 heteroatoms. The molecule has 1 atom stereocenters. The molecule has 29 heavy (non-hydrogen) atoms. The number of alkyl halides is 1. The SMILES string of the molecule is N#CC1(NC(=O)CNC(=O)Cc2nc3cc(C4=CCC(F)C=C4)ccc3s2)CC1. The monoisotopic (exact) mass is 410 g/mol. The van der Waals surface area contributed by atoms with E-state index in [0.717, 1.165) is 21.4 Å². The number of nitrogens with zero attached hydrogens (tertiary/aromatic N) is 2. The molecule has 1 saturated carbocycles. The van der Waals surface area contributed by atoms with E-state index in [1.54, 1.807) is 12.2 Å². The zero-order valence-corrected chi connectivity index (χ0v) is 16.4. The molecule has 4 rings (SSSR count). The van der Waals surface area contributed by atoms with Crippen molar-refractivity contribution in [2.45, 2.75) is 37.4 Å². The van der Waals surface area contributed by atoms with Crippen molar-refractivity contribution < 1.29 is 14.0 Å². The molecule has 2 aliphatic rings. The average Bonchev–Trinajstić information content (AvgIpc) is 3.36. The van der Waals surface area contributed by atoms with Gasteiger partial charge in [-0.15, -0.1) is 11.3 Å². The van der Waals surface area contributed by atoms with Crippen LogP contribution in [0.15, 0.2) is 36.4 Å². The number of rotatable bonds is 6. The average molecular weight is 410 g/mol. The number of fused-ring (bicyclic) bond motifs is 1. The van der Waals surface area contributed by atoms with Crippen LogP contribution in [-0.2, 0) is 16.0 Å². The van der Waals surface area contributed by atoms with Crippen LogP contribution in [0.2, 0.25) is 0 Å². The molecule has 6 nitrogen and oxygen atoms in total. The van der Waals surface area contributed by atoms with Crippen molar-refractivity contribution in [3.8, 4) is 6.07 Å². The first-order valence-corrected chi connectivity index (χ1v) is 10.2. The minimum absolute atomic E-state index is 0.0808. The number of thiazole rings is 1. The van der Waals surface area contributed by atoms with Gasteiger partial charge in [-0.1, -0.05) is 18.2 Å². The van der Waals surface area contributed by atoms with Gasteiger partial charge in [0.2, 0.25) is 11.8 Å². The number of hydrogen-bond donors (Lipinski definition) is 2. The lowest BCUT2D eigenvalue weighted by Gasteiger charge is -2.09. The van der Waals surface area contributed by atoms with Crippen molar-refractivity contribution in [2.24, 2.45) is 0 Å². The van der Waals surface area contributed by atoms with Crippen LogP contribution in [0.4, 0.5) is 4.39 Å². The van der Waals surface area contributed by atoms with Gasteiger partial charge in [-0.3, -0.25) is 9.59 Å². The highest BCUT2D eigenvalue weighted by atomic mass is 32.1. The van der Waals surface area contributed by atoms with Gasteiger partial charge in [-0.2, -0.15) is 5.26 Å². The number of hydrogen-bond acceptors (Lipinski definition) is 5. The summed E-state index contributed by atoms with van der Waals surface area (Å²) in [4.78, 5) is 28.5. The lowest BCUT2D eigenvalue weighted by atomic mass is 9.99. The van der Waals surface area contributed by atoms with Crippen LogP contribution in [0, 0.1) is 11.3 Å². The molecular weight excluding hydrogens is 391 g/mol. The summed E-state index contributed by atoms with van der Waals surface area (Å²) < 4.78 is 14.2. The van der Waals surface area contributed by atoms with Crippen LogP contribution < -0.4 is 10.6 Å². The first kappa shape index (κ1) is 19.3. The highest BCUT2D eigenvalue weighted by Crippen LogP contribution is 2.34. The molecule has 2 aromatic rings. The van der Waals surface area contributed by atoms with Gasteiger partial charge in [0.1, 0.15) is 16.7 Å². The van der Waals surface area contributed by atoms with Crippen LogP contribution in [-0.4, -0.2) is 35.1 Å². The smallest absolute Gasteiger partial charge is 0.240 e. The summed E-state index contributed by atoms with van der Waals surface area (Å²) in [5.41, 5.74) is 1.98. The van der Waals surface area contributed by atoms with Crippen molar-refractivity contribution in [2.75, 3.05) is 6.54 Å². The van der Waals surface area contributed by atoms with E-state index in [1.165, 1.54) is 11.3 Å². The Hall–Kier alpha value is -3.05. The first-order valence-electron chi connectivity index (χ1n) is 9.38. The maximum Gasteiger partial charge on any atom is 0.240 e. The number of amides is 2. The summed E-state index contributed by atoms with van der Waals surface area (Å²) in [7, 11) is 0. The Morgan fingerprint density at radius 1 is 1.34 bits per heavy atom. The van der Waals surface area contributed by atoms with E-state index in [4.69, 9.17) is 5.26 Å². The van der Waals surface area contributed by atoms with Gasteiger partial charge >= 0.3 is 0 Å². The number of benzene rings is 1. The Balaban J connectivity index is 1.36. The predicted octanol–water partition coefficient (Wildman–Crippen LogP) is 2.81. The van der Waals surface area contributed by atoms with Crippen LogP contribution in [0.5, 0.6) is 0 Å². The number of nitrogens with one attached hydrogen (secondary N) is 2. The number of allylic oxidation sites excluding steroid dienone is 4. The van der Waals surface area contributed by atoms with Crippen LogP contribution in [0.3, 0.4) is 0 Å². The number of halogens is 1. The summed E-state index contributed by atoms with van der Waals surface area (Å²) >= 11 is 1.43. The summed E-state index contributed by atoms with van der Waals surface area (Å²) in [6.45, 7) is -0.159. The summed E-state index contributed by atoms with van der Waals surface area (Å²) in [6, 6.07) is 7.93. The largest absolute Gasteiger partial charge is 0.347 e. The Labute approximate surface area is 171 Å². The van der Waals surface area contributed by atoms with E-state index in [0.29, 0.717) is 24.3 Å².